The monoisotopic (exact) mass is 446 g/mol. The molecule has 0 fully saturated rings. The molecular formula is C23H19BrN4O. The highest BCUT2D eigenvalue weighted by molar-refractivity contribution is 9.10. The minimum Gasteiger partial charge on any atom is -0.461 e. The molecule has 6 heteroatoms. The first-order valence-electron chi connectivity index (χ1n) is 9.56. The summed E-state index contributed by atoms with van der Waals surface area (Å²) in [6, 6.07) is 14.2. The lowest BCUT2D eigenvalue weighted by atomic mass is 10.0. The highest BCUT2D eigenvalue weighted by Gasteiger charge is 2.20. The number of nitrogens with zero attached hydrogens (tertiary/aromatic N) is 4. The number of fused-ring (bicyclic) bond motifs is 1. The second-order valence-corrected chi connectivity index (χ2v) is 8.06. The molecule has 0 spiro atoms. The Hall–Kier alpha value is -2.83. The summed E-state index contributed by atoms with van der Waals surface area (Å²) in [5, 5.41) is 0. The van der Waals surface area contributed by atoms with Crippen LogP contribution < -0.4 is 0 Å². The molecular weight excluding hydrogens is 428 g/mol. The Balaban J connectivity index is 1.37. The standard InChI is InChI=1S/C23H19BrN4O/c24-19-4-1-3-16(11-19)20-6-8-25-12-17(20)14-28-9-7-21-18(15-28)13-26-23(27-21)22-5-2-10-29-22/h1-6,8,10-13H,7,9,14-15H2. The lowest BCUT2D eigenvalue weighted by molar-refractivity contribution is 0.243. The third-order valence-corrected chi connectivity index (χ3v) is 5.68. The van der Waals surface area contributed by atoms with Gasteiger partial charge in [0.25, 0.3) is 0 Å². The molecule has 0 amide bonds. The van der Waals surface area contributed by atoms with Gasteiger partial charge in [0.1, 0.15) is 0 Å². The molecule has 0 saturated heterocycles. The van der Waals surface area contributed by atoms with Crippen LogP contribution in [-0.4, -0.2) is 26.4 Å². The third-order valence-electron chi connectivity index (χ3n) is 5.19. The summed E-state index contributed by atoms with van der Waals surface area (Å²) in [5.41, 5.74) is 5.93. The summed E-state index contributed by atoms with van der Waals surface area (Å²) >= 11 is 3.57. The van der Waals surface area contributed by atoms with Gasteiger partial charge in [-0.2, -0.15) is 0 Å². The first-order chi connectivity index (χ1) is 14.3. The van der Waals surface area contributed by atoms with Crippen LogP contribution >= 0.6 is 15.9 Å². The van der Waals surface area contributed by atoms with E-state index in [0.717, 1.165) is 36.2 Å². The molecule has 0 aliphatic carbocycles. The van der Waals surface area contributed by atoms with Gasteiger partial charge in [0.05, 0.1) is 12.0 Å². The lowest BCUT2D eigenvalue weighted by Gasteiger charge is -2.28. The Labute approximate surface area is 177 Å². The van der Waals surface area contributed by atoms with Crippen LogP contribution in [0.25, 0.3) is 22.7 Å². The highest BCUT2D eigenvalue weighted by Crippen LogP contribution is 2.28. The highest BCUT2D eigenvalue weighted by atomic mass is 79.9. The maximum absolute atomic E-state index is 5.43. The van der Waals surface area contributed by atoms with Crippen LogP contribution in [0.1, 0.15) is 16.8 Å². The van der Waals surface area contributed by atoms with Crippen LogP contribution in [0.2, 0.25) is 0 Å². The van der Waals surface area contributed by atoms with E-state index in [4.69, 9.17) is 9.40 Å². The summed E-state index contributed by atoms with van der Waals surface area (Å²) in [7, 11) is 0. The first-order valence-corrected chi connectivity index (χ1v) is 10.4. The first kappa shape index (κ1) is 18.2. The maximum Gasteiger partial charge on any atom is 0.195 e. The van der Waals surface area contributed by atoms with Crippen LogP contribution in [-0.2, 0) is 19.5 Å². The summed E-state index contributed by atoms with van der Waals surface area (Å²) in [6.45, 7) is 2.63. The Morgan fingerprint density at radius 1 is 1.10 bits per heavy atom. The van der Waals surface area contributed by atoms with Crippen LogP contribution in [0.3, 0.4) is 0 Å². The smallest absolute Gasteiger partial charge is 0.195 e. The average Bonchev–Trinajstić information content (AvgIpc) is 3.29. The van der Waals surface area contributed by atoms with Gasteiger partial charge in [-0.05, 0) is 47.0 Å². The van der Waals surface area contributed by atoms with E-state index >= 15 is 0 Å². The molecule has 5 nitrogen and oxygen atoms in total. The number of hydrogen-bond donors (Lipinski definition) is 0. The topological polar surface area (TPSA) is 55.1 Å². The molecule has 3 aromatic heterocycles. The molecule has 0 unspecified atom stereocenters. The summed E-state index contributed by atoms with van der Waals surface area (Å²) in [5.74, 6) is 1.37. The fraction of sp³-hybridized carbons (Fsp3) is 0.174. The van der Waals surface area contributed by atoms with Crippen LogP contribution in [0, 0.1) is 0 Å². The zero-order valence-electron chi connectivity index (χ0n) is 15.8. The van der Waals surface area contributed by atoms with Gasteiger partial charge in [-0.3, -0.25) is 9.88 Å². The van der Waals surface area contributed by atoms with E-state index in [2.05, 4.69) is 55.1 Å². The Bertz CT molecular complexity index is 1140. The van der Waals surface area contributed by atoms with Crippen LogP contribution in [0.4, 0.5) is 0 Å². The predicted octanol–water partition coefficient (Wildman–Crippen LogP) is 5.12. The fourth-order valence-electron chi connectivity index (χ4n) is 3.77. The second-order valence-electron chi connectivity index (χ2n) is 7.15. The molecule has 1 aromatic carbocycles. The van der Waals surface area contributed by atoms with E-state index in [1.165, 1.54) is 22.3 Å². The molecule has 29 heavy (non-hydrogen) atoms. The zero-order valence-corrected chi connectivity index (χ0v) is 17.3. The Morgan fingerprint density at radius 3 is 2.93 bits per heavy atom. The van der Waals surface area contributed by atoms with Crippen molar-refractivity contribution in [2.75, 3.05) is 6.54 Å². The van der Waals surface area contributed by atoms with Gasteiger partial charge >= 0.3 is 0 Å². The normalized spacial score (nSPS) is 14.0. The van der Waals surface area contributed by atoms with E-state index < -0.39 is 0 Å². The maximum atomic E-state index is 5.43. The van der Waals surface area contributed by atoms with Crippen molar-refractivity contribution in [2.45, 2.75) is 19.5 Å². The van der Waals surface area contributed by atoms with Gasteiger partial charge < -0.3 is 4.42 Å². The minimum atomic E-state index is 0.659. The van der Waals surface area contributed by atoms with Crippen molar-refractivity contribution in [1.29, 1.82) is 0 Å². The van der Waals surface area contributed by atoms with Crippen molar-refractivity contribution >= 4 is 15.9 Å². The van der Waals surface area contributed by atoms with E-state index in [1.54, 1.807) is 6.26 Å². The Morgan fingerprint density at radius 2 is 2.07 bits per heavy atom. The molecule has 5 rings (SSSR count). The molecule has 144 valence electrons. The van der Waals surface area contributed by atoms with Crippen molar-refractivity contribution in [3.8, 4) is 22.7 Å². The fourth-order valence-corrected chi connectivity index (χ4v) is 4.16. The zero-order chi connectivity index (χ0) is 19.6. The summed E-state index contributed by atoms with van der Waals surface area (Å²) < 4.78 is 6.51. The third kappa shape index (κ3) is 3.86. The molecule has 0 radical (unpaired) electrons. The number of pyridine rings is 1. The van der Waals surface area contributed by atoms with Crippen molar-refractivity contribution in [3.05, 3.63) is 88.6 Å². The molecule has 1 aliphatic heterocycles. The van der Waals surface area contributed by atoms with Crippen molar-refractivity contribution in [1.82, 2.24) is 19.9 Å². The van der Waals surface area contributed by atoms with E-state index in [0.29, 0.717) is 11.6 Å². The summed E-state index contributed by atoms with van der Waals surface area (Å²) in [6.07, 6.45) is 8.32. The quantitative estimate of drug-likeness (QED) is 0.435. The van der Waals surface area contributed by atoms with E-state index in [9.17, 15) is 0 Å². The molecule has 0 N–H and O–H groups in total. The minimum absolute atomic E-state index is 0.659. The largest absolute Gasteiger partial charge is 0.461 e. The second kappa shape index (κ2) is 7.89. The predicted molar refractivity (Wildman–Crippen MR) is 115 cm³/mol. The summed E-state index contributed by atoms with van der Waals surface area (Å²) in [4.78, 5) is 16.0. The molecule has 0 bridgehead atoms. The number of furan rings is 1. The number of benzene rings is 1. The van der Waals surface area contributed by atoms with Gasteiger partial charge in [-0.15, -0.1) is 0 Å². The van der Waals surface area contributed by atoms with Crippen molar-refractivity contribution in [2.24, 2.45) is 0 Å². The molecule has 4 heterocycles. The SMILES string of the molecule is Brc1cccc(-c2ccncc2CN2CCc3nc(-c4ccco4)ncc3C2)c1. The number of rotatable bonds is 4. The van der Waals surface area contributed by atoms with Gasteiger partial charge in [0, 0.05) is 54.7 Å². The van der Waals surface area contributed by atoms with E-state index in [1.807, 2.05) is 36.8 Å². The Kier molecular flexibility index (Phi) is 4.96. The van der Waals surface area contributed by atoms with E-state index in [-0.39, 0.29) is 0 Å². The molecule has 4 aromatic rings. The lowest BCUT2D eigenvalue weighted by Crippen LogP contribution is -2.31. The number of hydrogen-bond acceptors (Lipinski definition) is 5. The van der Waals surface area contributed by atoms with Gasteiger partial charge in [0.2, 0.25) is 0 Å². The molecule has 0 saturated carbocycles. The van der Waals surface area contributed by atoms with Crippen molar-refractivity contribution < 1.29 is 4.42 Å². The molecule has 1 aliphatic rings. The number of halogens is 1. The van der Waals surface area contributed by atoms with Gasteiger partial charge in [-0.25, -0.2) is 9.97 Å². The van der Waals surface area contributed by atoms with Crippen molar-refractivity contribution in [3.63, 3.8) is 0 Å². The van der Waals surface area contributed by atoms with Gasteiger partial charge in [-0.1, -0.05) is 28.1 Å². The van der Waals surface area contributed by atoms with Gasteiger partial charge in [0.15, 0.2) is 11.6 Å². The average molecular weight is 447 g/mol. The van der Waals surface area contributed by atoms with Crippen LogP contribution in [0.5, 0.6) is 0 Å². The van der Waals surface area contributed by atoms with Crippen LogP contribution in [0.15, 0.2) is 76.2 Å². The molecule has 0 atom stereocenters. The number of aromatic nitrogens is 3.